The number of carboxylic acid groups (broad SMARTS) is 1. The van der Waals surface area contributed by atoms with E-state index < -0.39 is 5.97 Å². The highest BCUT2D eigenvalue weighted by atomic mass is 16.5. The number of anilines is 1. The van der Waals surface area contributed by atoms with Gasteiger partial charge in [0.1, 0.15) is 5.75 Å². The lowest BCUT2D eigenvalue weighted by Crippen LogP contribution is -2.16. The summed E-state index contributed by atoms with van der Waals surface area (Å²) in [4.78, 5) is 23.0. The van der Waals surface area contributed by atoms with Gasteiger partial charge in [-0.05, 0) is 36.8 Å². The van der Waals surface area contributed by atoms with Crippen molar-refractivity contribution < 1.29 is 19.4 Å². The van der Waals surface area contributed by atoms with Gasteiger partial charge in [0.05, 0.1) is 0 Å². The zero-order chi connectivity index (χ0) is 17.4. The smallest absolute Gasteiger partial charge is 0.341 e. The van der Waals surface area contributed by atoms with Gasteiger partial charge in [0.25, 0.3) is 5.91 Å². The molecule has 1 aromatic carbocycles. The standard InChI is InChI=1S/C19H16N2O4/c22-17(23)10-25-12-6-8-14-11(9-12)5-7-16(20-14)18-13-3-1-2-4-15(13)21-19(18)24/h1-2,4-9,13,20H,3,10H2,(H,21,24)(H,22,23). The number of carbonyl (C=O) groups is 2. The second-order valence-corrected chi connectivity index (χ2v) is 6.01. The monoisotopic (exact) mass is 336 g/mol. The summed E-state index contributed by atoms with van der Waals surface area (Å²) in [6, 6.07) is 5.30. The van der Waals surface area contributed by atoms with E-state index in [1.807, 2.05) is 30.4 Å². The van der Waals surface area contributed by atoms with E-state index in [1.165, 1.54) is 0 Å². The average molecular weight is 336 g/mol. The Labute approximate surface area is 144 Å². The first-order valence-electron chi connectivity index (χ1n) is 7.98. The van der Waals surface area contributed by atoms with Crippen molar-refractivity contribution in [2.24, 2.45) is 5.92 Å². The van der Waals surface area contributed by atoms with Crippen molar-refractivity contribution in [3.8, 4) is 5.75 Å². The van der Waals surface area contributed by atoms with Crippen LogP contribution in [0.25, 0.3) is 6.08 Å². The second-order valence-electron chi connectivity index (χ2n) is 6.01. The van der Waals surface area contributed by atoms with Crippen LogP contribution in [0.1, 0.15) is 12.0 Å². The number of benzene rings is 1. The maximum absolute atomic E-state index is 12.4. The summed E-state index contributed by atoms with van der Waals surface area (Å²) in [5.41, 5.74) is 4.19. The van der Waals surface area contributed by atoms with E-state index in [1.54, 1.807) is 12.1 Å². The molecule has 1 saturated heterocycles. The highest BCUT2D eigenvalue weighted by Crippen LogP contribution is 2.37. The molecule has 6 heteroatoms. The molecule has 6 nitrogen and oxygen atoms in total. The van der Waals surface area contributed by atoms with E-state index in [-0.39, 0.29) is 18.4 Å². The third kappa shape index (κ3) is 2.82. The molecular formula is C19H16N2O4. The summed E-state index contributed by atoms with van der Waals surface area (Å²) in [5, 5.41) is 14.9. The Kier molecular flexibility index (Phi) is 3.65. The SMILES string of the molecule is O=C(O)COc1ccc2c(c1)C=CC(=C1C(=O)NC3=CC=CCC31)N2. The first kappa shape index (κ1) is 15.3. The van der Waals surface area contributed by atoms with Gasteiger partial charge < -0.3 is 20.5 Å². The number of nitrogens with one attached hydrogen (secondary N) is 2. The predicted molar refractivity (Wildman–Crippen MR) is 92.7 cm³/mol. The van der Waals surface area contributed by atoms with Gasteiger partial charge in [-0.15, -0.1) is 0 Å². The number of fused-ring (bicyclic) bond motifs is 2. The summed E-state index contributed by atoms with van der Waals surface area (Å²) in [5.74, 6) is -0.540. The van der Waals surface area contributed by atoms with Gasteiger partial charge >= 0.3 is 5.97 Å². The molecule has 1 aliphatic carbocycles. The van der Waals surface area contributed by atoms with Crippen LogP contribution in [0, 0.1) is 5.92 Å². The highest BCUT2D eigenvalue weighted by molar-refractivity contribution is 6.01. The van der Waals surface area contributed by atoms with Crippen molar-refractivity contribution in [3.05, 3.63) is 65.0 Å². The van der Waals surface area contributed by atoms with Crippen LogP contribution in [0.2, 0.25) is 0 Å². The molecule has 126 valence electrons. The molecule has 3 N–H and O–H groups in total. The molecule has 4 rings (SSSR count). The van der Waals surface area contributed by atoms with Crippen LogP contribution in [0.4, 0.5) is 5.69 Å². The fourth-order valence-corrected chi connectivity index (χ4v) is 3.24. The Morgan fingerprint density at radius 3 is 3.00 bits per heavy atom. The van der Waals surface area contributed by atoms with E-state index in [0.29, 0.717) is 5.75 Å². The van der Waals surface area contributed by atoms with E-state index in [0.717, 1.165) is 34.6 Å². The van der Waals surface area contributed by atoms with Crippen molar-refractivity contribution >= 4 is 23.6 Å². The van der Waals surface area contributed by atoms with E-state index in [9.17, 15) is 9.59 Å². The van der Waals surface area contributed by atoms with Gasteiger partial charge in [-0.1, -0.05) is 18.2 Å². The number of allylic oxidation sites excluding steroid dienone is 5. The number of rotatable bonds is 3. The molecule has 1 atom stereocenters. The van der Waals surface area contributed by atoms with Crippen molar-refractivity contribution in [1.82, 2.24) is 5.32 Å². The van der Waals surface area contributed by atoms with Gasteiger partial charge in [-0.25, -0.2) is 4.79 Å². The number of carboxylic acids is 1. The molecule has 1 amide bonds. The van der Waals surface area contributed by atoms with Crippen molar-refractivity contribution in [2.45, 2.75) is 6.42 Å². The average Bonchev–Trinajstić information content (AvgIpc) is 2.95. The summed E-state index contributed by atoms with van der Waals surface area (Å²) in [7, 11) is 0. The molecular weight excluding hydrogens is 320 g/mol. The van der Waals surface area contributed by atoms with Crippen LogP contribution in [-0.4, -0.2) is 23.6 Å². The fourth-order valence-electron chi connectivity index (χ4n) is 3.24. The maximum atomic E-state index is 12.4. The number of amides is 1. The Bertz CT molecular complexity index is 893. The Balaban J connectivity index is 1.62. The molecule has 0 radical (unpaired) electrons. The van der Waals surface area contributed by atoms with Crippen molar-refractivity contribution in [1.29, 1.82) is 0 Å². The van der Waals surface area contributed by atoms with Gasteiger partial charge in [0.2, 0.25) is 0 Å². The highest BCUT2D eigenvalue weighted by Gasteiger charge is 2.35. The van der Waals surface area contributed by atoms with Gasteiger partial charge in [0, 0.05) is 34.1 Å². The molecule has 3 aliphatic rings. The predicted octanol–water partition coefficient (Wildman–Crippen LogP) is 2.43. The lowest BCUT2D eigenvalue weighted by molar-refractivity contribution is -0.139. The summed E-state index contributed by atoms with van der Waals surface area (Å²) < 4.78 is 5.20. The van der Waals surface area contributed by atoms with Gasteiger partial charge in [-0.3, -0.25) is 4.79 Å². The summed E-state index contributed by atoms with van der Waals surface area (Å²) >= 11 is 0. The van der Waals surface area contributed by atoms with Crippen molar-refractivity contribution in [2.75, 3.05) is 11.9 Å². The molecule has 1 fully saturated rings. The minimum absolute atomic E-state index is 0.0596. The van der Waals surface area contributed by atoms with Crippen LogP contribution in [0.3, 0.4) is 0 Å². The van der Waals surface area contributed by atoms with Crippen LogP contribution in [0.15, 0.2) is 59.5 Å². The Morgan fingerprint density at radius 1 is 1.28 bits per heavy atom. The number of aliphatic carboxylic acids is 1. The third-order valence-corrected chi connectivity index (χ3v) is 4.38. The normalized spacial score (nSPS) is 23.3. The number of ether oxygens (including phenoxy) is 1. The van der Waals surface area contributed by atoms with Gasteiger partial charge in [0.15, 0.2) is 6.61 Å². The van der Waals surface area contributed by atoms with E-state index >= 15 is 0 Å². The lowest BCUT2D eigenvalue weighted by atomic mass is 9.90. The van der Waals surface area contributed by atoms with Crippen LogP contribution in [0.5, 0.6) is 5.75 Å². The molecule has 0 aromatic heterocycles. The van der Waals surface area contributed by atoms with E-state index in [2.05, 4.69) is 16.7 Å². The Hall–Kier alpha value is -3.28. The molecule has 0 bridgehead atoms. The van der Waals surface area contributed by atoms with Crippen LogP contribution in [-0.2, 0) is 9.59 Å². The second kappa shape index (κ2) is 5.98. The summed E-state index contributed by atoms with van der Waals surface area (Å²) in [6.07, 6.45) is 10.5. The first-order chi connectivity index (χ1) is 12.1. The number of hydrogen-bond donors (Lipinski definition) is 3. The first-order valence-corrected chi connectivity index (χ1v) is 7.98. The molecule has 1 unspecified atom stereocenters. The third-order valence-electron chi connectivity index (χ3n) is 4.38. The molecule has 0 saturated carbocycles. The topological polar surface area (TPSA) is 87.7 Å². The molecule has 0 spiro atoms. The largest absolute Gasteiger partial charge is 0.482 e. The summed E-state index contributed by atoms with van der Waals surface area (Å²) in [6.45, 7) is -0.379. The molecule has 2 heterocycles. The number of carbonyl (C=O) groups excluding carboxylic acids is 1. The molecule has 1 aromatic rings. The zero-order valence-corrected chi connectivity index (χ0v) is 13.3. The fraction of sp³-hybridized carbons (Fsp3) is 0.158. The van der Waals surface area contributed by atoms with Crippen LogP contribution >= 0.6 is 0 Å². The maximum Gasteiger partial charge on any atom is 0.341 e. The van der Waals surface area contributed by atoms with E-state index in [4.69, 9.17) is 9.84 Å². The van der Waals surface area contributed by atoms with Crippen molar-refractivity contribution in [3.63, 3.8) is 0 Å². The minimum atomic E-state index is -1.02. The molecule has 25 heavy (non-hydrogen) atoms. The number of hydrogen-bond acceptors (Lipinski definition) is 4. The zero-order valence-electron chi connectivity index (χ0n) is 13.3. The van der Waals surface area contributed by atoms with Crippen LogP contribution < -0.4 is 15.4 Å². The quantitative estimate of drug-likeness (QED) is 0.738. The Morgan fingerprint density at radius 2 is 2.16 bits per heavy atom. The van der Waals surface area contributed by atoms with Gasteiger partial charge in [-0.2, -0.15) is 0 Å². The minimum Gasteiger partial charge on any atom is -0.482 e. The molecule has 2 aliphatic heterocycles. The lowest BCUT2D eigenvalue weighted by Gasteiger charge is -2.20.